The third-order valence-corrected chi connectivity index (χ3v) is 19.7. The first kappa shape index (κ1) is 28.5. The van der Waals surface area contributed by atoms with Crippen molar-refractivity contribution < 1.29 is 13.3 Å². The van der Waals surface area contributed by atoms with Crippen LogP contribution in [0.1, 0.15) is 47.0 Å². The van der Waals surface area contributed by atoms with Gasteiger partial charge in [0.1, 0.15) is 0 Å². The second-order valence-corrected chi connectivity index (χ2v) is 20.4. The molecule has 0 aliphatic carbocycles. The van der Waals surface area contributed by atoms with Gasteiger partial charge >= 0.3 is 8.80 Å². The summed E-state index contributed by atoms with van der Waals surface area (Å²) in [5.74, 6) is 0.956. The highest BCUT2D eigenvalue weighted by Crippen LogP contribution is 2.55. The van der Waals surface area contributed by atoms with Gasteiger partial charge in [0.05, 0.1) is 10.2 Å². The Balaban J connectivity index is 1.70. The predicted molar refractivity (Wildman–Crippen MR) is 152 cm³/mol. The zero-order valence-corrected chi connectivity index (χ0v) is 25.1. The molecule has 2 rings (SSSR count). The van der Waals surface area contributed by atoms with E-state index < -0.39 is 8.80 Å². The Kier molecular flexibility index (Phi) is 15.5. The Hall–Kier alpha value is 1.31. The largest absolute Gasteiger partial charge is 0.504 e. The van der Waals surface area contributed by atoms with Crippen LogP contribution in [0, 0.1) is 0 Å². The zero-order chi connectivity index (χ0) is 22.4. The van der Waals surface area contributed by atoms with Crippen LogP contribution in [0.2, 0.25) is 5.54 Å². The fourth-order valence-corrected chi connectivity index (χ4v) is 19.4. The Labute approximate surface area is 214 Å². The molecule has 0 bridgehead atoms. The van der Waals surface area contributed by atoms with E-state index in [2.05, 4.69) is 50.9 Å². The number of hydrogen-bond acceptors (Lipinski definition) is 11. The predicted octanol–water partition coefficient (Wildman–Crippen LogP) is 9.24. The quantitative estimate of drug-likeness (QED) is 0.0978. The number of rotatable bonds is 18. The van der Waals surface area contributed by atoms with E-state index in [0.29, 0.717) is 19.8 Å². The summed E-state index contributed by atoms with van der Waals surface area (Å²) in [6.07, 6.45) is 2.93. The highest BCUT2D eigenvalue weighted by molar-refractivity contribution is 9.41. The zero-order valence-electron chi connectivity index (χ0n) is 18.4. The molecule has 0 spiro atoms. The van der Waals surface area contributed by atoms with Gasteiger partial charge in [-0.3, -0.25) is 0 Å². The van der Waals surface area contributed by atoms with Gasteiger partial charge in [0.15, 0.2) is 4.34 Å². The van der Waals surface area contributed by atoms with Gasteiger partial charge in [-0.2, -0.15) is 0 Å². The van der Waals surface area contributed by atoms with Gasteiger partial charge in [-0.05, 0) is 81.5 Å². The van der Waals surface area contributed by atoms with Crippen molar-refractivity contribution in [2.45, 2.75) is 56.8 Å². The van der Waals surface area contributed by atoms with Crippen LogP contribution in [-0.2, 0) is 13.3 Å². The molecule has 31 heavy (non-hydrogen) atoms. The monoisotopic (exact) mass is 573 g/mol. The van der Waals surface area contributed by atoms with Crippen molar-refractivity contribution in [1.29, 1.82) is 0 Å². The second kappa shape index (κ2) is 16.9. The van der Waals surface area contributed by atoms with E-state index in [4.69, 9.17) is 13.3 Å². The first-order valence-corrected chi connectivity index (χ1v) is 20.7. The van der Waals surface area contributed by atoms with Crippen molar-refractivity contribution in [3.05, 3.63) is 24.3 Å². The van der Waals surface area contributed by atoms with E-state index in [1.54, 1.807) is 51.6 Å². The molecular weight excluding hydrogens is 543 g/mol. The molecule has 1 aromatic heterocycles. The number of para-hydroxylation sites is 1. The molecule has 1 aromatic carbocycles. The summed E-state index contributed by atoms with van der Waals surface area (Å²) in [4.78, 5) is 4.66. The van der Waals surface area contributed by atoms with Gasteiger partial charge < -0.3 is 13.3 Å². The average molecular weight is 574 g/mol. The van der Waals surface area contributed by atoms with E-state index in [9.17, 15) is 0 Å². The number of hydrogen-bond donors (Lipinski definition) is 0. The topological polar surface area (TPSA) is 40.6 Å². The lowest BCUT2D eigenvalue weighted by molar-refractivity contribution is 0.0529. The van der Waals surface area contributed by atoms with E-state index >= 15 is 0 Å². The fraction of sp³-hybridized carbons (Fsp3) is 0.632. The van der Waals surface area contributed by atoms with Crippen molar-refractivity contribution in [2.75, 3.05) is 25.6 Å². The third-order valence-electron chi connectivity index (χ3n) is 3.95. The molecule has 0 amide bonds. The molecule has 1 heterocycles. The number of benzene rings is 1. The summed E-state index contributed by atoms with van der Waals surface area (Å²) in [5.41, 5.74) is 1.35. The summed E-state index contributed by atoms with van der Waals surface area (Å²) in [6, 6.07) is 8.29. The smallest absolute Gasteiger partial charge is 0.373 e. The molecule has 0 saturated heterocycles. The second-order valence-electron chi connectivity index (χ2n) is 6.64. The van der Waals surface area contributed by atoms with Crippen LogP contribution in [0.4, 0.5) is 0 Å². The Morgan fingerprint density at radius 2 is 1.52 bits per heavy atom. The van der Waals surface area contributed by atoms with E-state index in [1.807, 2.05) is 26.7 Å². The lowest BCUT2D eigenvalue weighted by Crippen LogP contribution is -2.50. The van der Waals surface area contributed by atoms with Gasteiger partial charge in [0, 0.05) is 31.1 Å². The number of nitrogens with zero attached hydrogens (tertiary/aromatic N) is 1. The first-order chi connectivity index (χ1) is 15.1. The minimum absolute atomic E-state index is 0.269. The molecule has 0 aliphatic heterocycles. The van der Waals surface area contributed by atoms with Crippen molar-refractivity contribution in [2.24, 2.45) is 0 Å². The maximum atomic E-state index is 6.26. The van der Waals surface area contributed by atoms with Gasteiger partial charge in [-0.1, -0.05) is 50.6 Å². The molecule has 0 radical (unpaired) electrons. The molecule has 1 unspecified atom stereocenters. The van der Waals surface area contributed by atoms with Crippen LogP contribution in [0.15, 0.2) is 28.6 Å². The Bertz CT molecular complexity index is 685. The lowest BCUT2D eigenvalue weighted by Gasteiger charge is -2.34. The van der Waals surface area contributed by atoms with Gasteiger partial charge in [-0.25, -0.2) is 4.98 Å². The minimum Gasteiger partial charge on any atom is -0.373 e. The molecule has 0 N–H and O–H groups in total. The summed E-state index contributed by atoms with van der Waals surface area (Å²) in [7, 11) is 8.07. The molecule has 12 heteroatoms. The molecule has 4 nitrogen and oxygen atoms in total. The van der Waals surface area contributed by atoms with Gasteiger partial charge in [0.2, 0.25) is 0 Å². The molecule has 1 atom stereocenters. The lowest BCUT2D eigenvalue weighted by atomic mass is 10.3. The van der Waals surface area contributed by atoms with Crippen LogP contribution < -0.4 is 0 Å². The highest BCUT2D eigenvalue weighted by atomic mass is 33.9. The molecular formula is C19H31NO3S7Si. The van der Waals surface area contributed by atoms with Crippen molar-refractivity contribution >= 4 is 91.2 Å². The van der Waals surface area contributed by atoms with Gasteiger partial charge in [-0.15, -0.1) is 11.3 Å². The maximum Gasteiger partial charge on any atom is 0.504 e. The summed E-state index contributed by atoms with van der Waals surface area (Å²) in [5, 5.41) is 0. The Morgan fingerprint density at radius 3 is 2.13 bits per heavy atom. The first-order valence-electron chi connectivity index (χ1n) is 10.4. The van der Waals surface area contributed by atoms with E-state index in [1.165, 1.54) is 4.70 Å². The summed E-state index contributed by atoms with van der Waals surface area (Å²) >= 11 is 1.75. The van der Waals surface area contributed by atoms with E-state index in [-0.39, 0.29) is 5.54 Å². The maximum absolute atomic E-state index is 6.26. The summed E-state index contributed by atoms with van der Waals surface area (Å²) < 4.78 is 21.1. The SMILES string of the molecule is CCCO[Si](OCCC)(OCCC)C(C)CSSSSSSc1nc2ccccc2s1. The fourth-order valence-electron chi connectivity index (χ4n) is 2.49. The van der Waals surface area contributed by atoms with Crippen LogP contribution in [-0.4, -0.2) is 39.4 Å². The molecule has 0 fully saturated rings. The van der Waals surface area contributed by atoms with E-state index in [0.717, 1.165) is 34.9 Å². The van der Waals surface area contributed by atoms with Crippen molar-refractivity contribution in [3.63, 3.8) is 0 Å². The third kappa shape index (κ3) is 10.2. The van der Waals surface area contributed by atoms with Gasteiger partial charge in [0.25, 0.3) is 0 Å². The highest BCUT2D eigenvalue weighted by Gasteiger charge is 2.47. The summed E-state index contributed by atoms with van der Waals surface area (Å²) in [6.45, 7) is 10.7. The average Bonchev–Trinajstić information content (AvgIpc) is 3.21. The van der Waals surface area contributed by atoms with Crippen LogP contribution in [0.25, 0.3) is 10.2 Å². The molecule has 0 aliphatic rings. The number of fused-ring (bicyclic) bond motifs is 1. The minimum atomic E-state index is -2.66. The molecule has 2 aromatic rings. The molecule has 0 saturated carbocycles. The van der Waals surface area contributed by atoms with Crippen LogP contribution in [0.3, 0.4) is 0 Å². The number of thiazole rings is 1. The number of aromatic nitrogens is 1. The Morgan fingerprint density at radius 1 is 0.903 bits per heavy atom. The van der Waals surface area contributed by atoms with Crippen LogP contribution >= 0.6 is 72.2 Å². The molecule has 176 valence electrons. The van der Waals surface area contributed by atoms with Crippen molar-refractivity contribution in [3.8, 4) is 0 Å². The van der Waals surface area contributed by atoms with Crippen LogP contribution in [0.5, 0.6) is 0 Å². The van der Waals surface area contributed by atoms with Crippen molar-refractivity contribution in [1.82, 2.24) is 4.98 Å². The standard InChI is InChI=1S/C19H31NO3S7Si/c1-5-12-21-31(22-13-6-2,23-14-7-3)16(4)15-24-27-29-30-28-26-19-20-17-10-8-9-11-18(17)25-19/h8-11,16H,5-7,12-15H2,1-4H3. The normalized spacial score (nSPS) is 13.2.